The predicted molar refractivity (Wildman–Crippen MR) is 97.5 cm³/mol. The number of rotatable bonds is 4. The highest BCUT2D eigenvalue weighted by atomic mass is 16.7. The van der Waals surface area contributed by atoms with Crippen molar-refractivity contribution in [2.24, 2.45) is 17.8 Å². The van der Waals surface area contributed by atoms with E-state index >= 15 is 0 Å². The van der Waals surface area contributed by atoms with E-state index in [0.29, 0.717) is 50.6 Å². The van der Waals surface area contributed by atoms with Crippen molar-refractivity contribution in [2.45, 2.75) is 50.7 Å². The van der Waals surface area contributed by atoms with Gasteiger partial charge in [0.1, 0.15) is 11.6 Å². The third-order valence-corrected chi connectivity index (χ3v) is 6.90. The van der Waals surface area contributed by atoms with E-state index in [4.69, 9.17) is 9.57 Å². The lowest BCUT2D eigenvalue weighted by Gasteiger charge is -2.55. The zero-order valence-electron chi connectivity index (χ0n) is 16.3. The van der Waals surface area contributed by atoms with Crippen LogP contribution in [0.15, 0.2) is 0 Å². The van der Waals surface area contributed by atoms with Crippen LogP contribution >= 0.6 is 0 Å². The summed E-state index contributed by atoms with van der Waals surface area (Å²) in [6.07, 6.45) is 5.57. The Bertz CT molecular complexity index is 610. The first-order valence-corrected chi connectivity index (χ1v) is 10.7. The molecular weight excluding hydrogens is 346 g/mol. The fourth-order valence-corrected chi connectivity index (χ4v) is 4.77. The van der Waals surface area contributed by atoms with E-state index in [1.54, 1.807) is 5.06 Å². The van der Waals surface area contributed by atoms with Gasteiger partial charge in [0.15, 0.2) is 0 Å². The Hall–Kier alpha value is -1.18. The van der Waals surface area contributed by atoms with Gasteiger partial charge in [-0.15, -0.1) is 0 Å². The second kappa shape index (κ2) is 6.71. The van der Waals surface area contributed by atoms with Crippen LogP contribution in [-0.4, -0.2) is 84.3 Å². The van der Waals surface area contributed by atoms with Gasteiger partial charge < -0.3 is 9.64 Å². The number of morpholine rings is 1. The van der Waals surface area contributed by atoms with Crippen LogP contribution in [0.2, 0.25) is 0 Å². The summed E-state index contributed by atoms with van der Waals surface area (Å²) in [6.45, 7) is 6.93. The quantitative estimate of drug-likeness (QED) is 0.728. The molecule has 3 heterocycles. The number of carbonyl (C=O) groups excluding carboxylic acids is 2. The SMILES string of the molecule is C[C@@H]1C[C@H]1C(=O)N1CC2(C1)CN(CC1CC1)[C@@H](C(=O)N1CCCCO1)CO2. The molecule has 0 bridgehead atoms. The third-order valence-electron chi connectivity index (χ3n) is 6.90. The van der Waals surface area contributed by atoms with Gasteiger partial charge >= 0.3 is 0 Å². The standard InChI is InChI=1S/C20H31N3O4/c1-14-8-16(14)18(24)22-12-20(13-22)11-21(9-15-4-5-15)17(10-26-20)19(25)23-6-2-3-7-27-23/h14-17H,2-13H2,1H3/t14-,16-,17-/m1/s1. The first-order valence-electron chi connectivity index (χ1n) is 10.7. The van der Waals surface area contributed by atoms with E-state index in [1.165, 1.54) is 12.8 Å². The Morgan fingerprint density at radius 1 is 1.11 bits per heavy atom. The summed E-state index contributed by atoms with van der Waals surface area (Å²) in [5.74, 6) is 1.83. The van der Waals surface area contributed by atoms with Crippen molar-refractivity contribution in [1.82, 2.24) is 14.9 Å². The summed E-state index contributed by atoms with van der Waals surface area (Å²) in [5.41, 5.74) is -0.276. The summed E-state index contributed by atoms with van der Waals surface area (Å²) in [6, 6.07) is -0.248. The summed E-state index contributed by atoms with van der Waals surface area (Å²) >= 11 is 0. The normalized spacial score (nSPS) is 35.8. The molecule has 150 valence electrons. The van der Waals surface area contributed by atoms with E-state index in [1.807, 2.05) is 4.90 Å². The molecule has 5 rings (SSSR count). The molecule has 2 saturated carbocycles. The zero-order valence-corrected chi connectivity index (χ0v) is 16.3. The van der Waals surface area contributed by atoms with Crippen molar-refractivity contribution in [3.8, 4) is 0 Å². The van der Waals surface area contributed by atoms with E-state index in [0.717, 1.165) is 32.4 Å². The van der Waals surface area contributed by atoms with Crippen LogP contribution in [0.3, 0.4) is 0 Å². The van der Waals surface area contributed by atoms with Crippen molar-refractivity contribution in [1.29, 1.82) is 0 Å². The molecule has 3 atom stereocenters. The number of hydrogen-bond acceptors (Lipinski definition) is 5. The van der Waals surface area contributed by atoms with Crippen molar-refractivity contribution in [3.63, 3.8) is 0 Å². The van der Waals surface area contributed by atoms with E-state index in [9.17, 15) is 9.59 Å². The summed E-state index contributed by atoms with van der Waals surface area (Å²) < 4.78 is 6.23. The molecule has 27 heavy (non-hydrogen) atoms. The van der Waals surface area contributed by atoms with Crippen LogP contribution in [0.5, 0.6) is 0 Å². The average Bonchev–Trinajstić information content (AvgIpc) is 3.58. The minimum absolute atomic E-state index is 0.0456. The predicted octanol–water partition coefficient (Wildman–Crippen LogP) is 0.888. The number of carbonyl (C=O) groups is 2. The van der Waals surface area contributed by atoms with Gasteiger partial charge in [0.25, 0.3) is 5.91 Å². The summed E-state index contributed by atoms with van der Waals surface area (Å²) in [5, 5.41) is 1.56. The van der Waals surface area contributed by atoms with Crippen molar-refractivity contribution in [3.05, 3.63) is 0 Å². The Morgan fingerprint density at radius 3 is 2.52 bits per heavy atom. The molecule has 7 heteroatoms. The maximum Gasteiger partial charge on any atom is 0.265 e. The van der Waals surface area contributed by atoms with Crippen LogP contribution in [0.25, 0.3) is 0 Å². The van der Waals surface area contributed by atoms with Crippen LogP contribution in [-0.2, 0) is 19.2 Å². The monoisotopic (exact) mass is 377 g/mol. The van der Waals surface area contributed by atoms with Crippen molar-refractivity contribution < 1.29 is 19.2 Å². The van der Waals surface area contributed by atoms with Crippen LogP contribution < -0.4 is 0 Å². The molecule has 5 fully saturated rings. The Labute approximate surface area is 160 Å². The highest BCUT2D eigenvalue weighted by Crippen LogP contribution is 2.42. The number of amides is 2. The second-order valence-electron chi connectivity index (χ2n) is 9.38. The number of likely N-dealkylation sites (tertiary alicyclic amines) is 1. The topological polar surface area (TPSA) is 62.3 Å². The molecule has 1 spiro atoms. The molecule has 3 aliphatic heterocycles. The summed E-state index contributed by atoms with van der Waals surface area (Å²) in [7, 11) is 0. The fourth-order valence-electron chi connectivity index (χ4n) is 4.77. The number of hydrogen-bond donors (Lipinski definition) is 0. The molecule has 2 amide bonds. The van der Waals surface area contributed by atoms with Crippen LogP contribution in [0.1, 0.15) is 39.0 Å². The van der Waals surface area contributed by atoms with Gasteiger partial charge in [-0.3, -0.25) is 19.3 Å². The van der Waals surface area contributed by atoms with E-state index in [-0.39, 0.29) is 23.5 Å². The molecule has 0 aromatic heterocycles. The van der Waals surface area contributed by atoms with Gasteiger partial charge in [-0.2, -0.15) is 0 Å². The van der Waals surface area contributed by atoms with Gasteiger partial charge in [0.05, 0.1) is 26.3 Å². The molecular formula is C20H31N3O4. The van der Waals surface area contributed by atoms with Crippen molar-refractivity contribution in [2.75, 3.05) is 45.9 Å². The van der Waals surface area contributed by atoms with Gasteiger partial charge in [-0.05, 0) is 43.9 Å². The van der Waals surface area contributed by atoms with E-state index < -0.39 is 0 Å². The Balaban J connectivity index is 1.22. The lowest BCUT2D eigenvalue weighted by Crippen LogP contribution is -2.74. The van der Waals surface area contributed by atoms with Gasteiger partial charge in [-0.1, -0.05) is 6.92 Å². The van der Waals surface area contributed by atoms with Gasteiger partial charge in [0, 0.05) is 25.6 Å². The second-order valence-corrected chi connectivity index (χ2v) is 9.38. The van der Waals surface area contributed by atoms with Crippen LogP contribution in [0, 0.1) is 17.8 Å². The minimum Gasteiger partial charge on any atom is -0.368 e. The molecule has 3 saturated heterocycles. The number of nitrogens with zero attached hydrogens (tertiary/aromatic N) is 3. The molecule has 0 aromatic rings. The Kier molecular flexibility index (Phi) is 4.44. The largest absolute Gasteiger partial charge is 0.368 e. The molecule has 0 N–H and O–H groups in total. The molecule has 5 aliphatic rings. The maximum absolute atomic E-state index is 13.0. The van der Waals surface area contributed by atoms with Gasteiger partial charge in [0.2, 0.25) is 5.91 Å². The van der Waals surface area contributed by atoms with Crippen molar-refractivity contribution >= 4 is 11.8 Å². The molecule has 0 radical (unpaired) electrons. The average molecular weight is 377 g/mol. The minimum atomic E-state index is -0.276. The van der Waals surface area contributed by atoms with E-state index in [2.05, 4.69) is 11.8 Å². The smallest absolute Gasteiger partial charge is 0.265 e. The molecule has 2 aliphatic carbocycles. The lowest BCUT2D eigenvalue weighted by molar-refractivity contribution is -0.226. The number of hydroxylamine groups is 2. The lowest BCUT2D eigenvalue weighted by atomic mass is 9.89. The maximum atomic E-state index is 13.0. The summed E-state index contributed by atoms with van der Waals surface area (Å²) in [4.78, 5) is 35.3. The molecule has 7 nitrogen and oxygen atoms in total. The van der Waals surface area contributed by atoms with Crippen LogP contribution in [0.4, 0.5) is 0 Å². The number of ether oxygens (including phenoxy) is 1. The first-order chi connectivity index (χ1) is 13.0. The highest BCUT2D eigenvalue weighted by Gasteiger charge is 2.55. The molecule has 0 unspecified atom stereocenters. The Morgan fingerprint density at radius 2 is 1.89 bits per heavy atom. The molecule has 0 aromatic carbocycles. The van der Waals surface area contributed by atoms with Gasteiger partial charge in [-0.25, -0.2) is 5.06 Å². The highest BCUT2D eigenvalue weighted by molar-refractivity contribution is 5.83. The zero-order chi connectivity index (χ0) is 18.6. The third kappa shape index (κ3) is 3.49. The first kappa shape index (κ1) is 17.9. The fraction of sp³-hybridized carbons (Fsp3) is 0.900.